The van der Waals surface area contributed by atoms with E-state index >= 15 is 0 Å². The van der Waals surface area contributed by atoms with Crippen molar-refractivity contribution in [2.75, 3.05) is 12.4 Å². The highest BCUT2D eigenvalue weighted by atomic mass is 16.5. The summed E-state index contributed by atoms with van der Waals surface area (Å²) in [4.78, 5) is 4.12. The molecule has 82 valence electrons. The van der Waals surface area contributed by atoms with Gasteiger partial charge in [-0.25, -0.2) is 4.98 Å². The van der Waals surface area contributed by atoms with Crippen LogP contribution in [0.15, 0.2) is 42.6 Å². The molecule has 0 atom stereocenters. The quantitative estimate of drug-likeness (QED) is 0.851. The van der Waals surface area contributed by atoms with E-state index in [-0.39, 0.29) is 0 Å². The average Bonchev–Trinajstić information content (AvgIpc) is 2.33. The van der Waals surface area contributed by atoms with Crippen molar-refractivity contribution in [2.24, 2.45) is 0 Å². The van der Waals surface area contributed by atoms with E-state index in [1.807, 2.05) is 50.4 Å². The number of benzene rings is 1. The Labute approximate surface area is 95.1 Å². The van der Waals surface area contributed by atoms with Gasteiger partial charge in [0, 0.05) is 25.0 Å². The molecule has 0 fully saturated rings. The second-order valence-electron chi connectivity index (χ2n) is 3.50. The largest absolute Gasteiger partial charge is 0.439 e. The minimum atomic E-state index is 0.614. The van der Waals surface area contributed by atoms with Gasteiger partial charge in [0.1, 0.15) is 5.75 Å². The fourth-order valence-electron chi connectivity index (χ4n) is 1.44. The molecule has 3 heteroatoms. The van der Waals surface area contributed by atoms with E-state index < -0.39 is 0 Å². The fraction of sp³-hybridized carbons (Fsp3) is 0.154. The third-order valence-electron chi connectivity index (χ3n) is 2.32. The lowest BCUT2D eigenvalue weighted by molar-refractivity contribution is 0.459. The van der Waals surface area contributed by atoms with E-state index in [2.05, 4.69) is 10.3 Å². The molecule has 0 unspecified atom stereocenters. The van der Waals surface area contributed by atoms with Gasteiger partial charge < -0.3 is 10.1 Å². The van der Waals surface area contributed by atoms with E-state index in [9.17, 15) is 0 Å². The van der Waals surface area contributed by atoms with Crippen molar-refractivity contribution in [1.82, 2.24) is 4.98 Å². The second kappa shape index (κ2) is 4.66. The summed E-state index contributed by atoms with van der Waals surface area (Å²) in [6.07, 6.45) is 1.71. The summed E-state index contributed by atoms with van der Waals surface area (Å²) in [7, 11) is 1.90. The van der Waals surface area contributed by atoms with Crippen LogP contribution in [0.25, 0.3) is 0 Å². The lowest BCUT2D eigenvalue weighted by Crippen LogP contribution is -1.92. The first-order valence-electron chi connectivity index (χ1n) is 5.17. The minimum Gasteiger partial charge on any atom is -0.439 e. The molecule has 2 rings (SSSR count). The highest BCUT2D eigenvalue weighted by molar-refractivity contribution is 5.50. The second-order valence-corrected chi connectivity index (χ2v) is 3.50. The zero-order chi connectivity index (χ0) is 11.4. The maximum atomic E-state index is 5.67. The van der Waals surface area contributed by atoms with Crippen LogP contribution in [-0.4, -0.2) is 12.0 Å². The van der Waals surface area contributed by atoms with Crippen LogP contribution in [0.2, 0.25) is 0 Å². The molecule has 0 aliphatic carbocycles. The number of rotatable bonds is 3. The van der Waals surface area contributed by atoms with Gasteiger partial charge in [-0.2, -0.15) is 0 Å². The van der Waals surface area contributed by atoms with Crippen molar-refractivity contribution in [1.29, 1.82) is 0 Å². The van der Waals surface area contributed by atoms with Crippen LogP contribution < -0.4 is 10.1 Å². The van der Waals surface area contributed by atoms with Crippen molar-refractivity contribution in [3.63, 3.8) is 0 Å². The Kier molecular flexibility index (Phi) is 3.05. The van der Waals surface area contributed by atoms with Crippen LogP contribution in [0.5, 0.6) is 11.6 Å². The third kappa shape index (κ3) is 2.31. The minimum absolute atomic E-state index is 0.614. The predicted octanol–water partition coefficient (Wildman–Crippen LogP) is 3.22. The smallest absolute Gasteiger partial charge is 0.219 e. The first-order chi connectivity index (χ1) is 7.79. The van der Waals surface area contributed by atoms with E-state index in [1.54, 1.807) is 6.20 Å². The lowest BCUT2D eigenvalue weighted by atomic mass is 10.2. The molecular formula is C13H14N2O. The number of nitrogens with zero attached hydrogens (tertiary/aromatic N) is 1. The van der Waals surface area contributed by atoms with Gasteiger partial charge in [0.15, 0.2) is 0 Å². The molecule has 0 aliphatic rings. The predicted molar refractivity (Wildman–Crippen MR) is 65.0 cm³/mol. The molecular weight excluding hydrogens is 200 g/mol. The Balaban J connectivity index is 2.22. The van der Waals surface area contributed by atoms with Crippen LogP contribution >= 0.6 is 0 Å². The van der Waals surface area contributed by atoms with E-state index in [0.717, 1.165) is 17.0 Å². The van der Waals surface area contributed by atoms with Gasteiger partial charge in [0.05, 0.1) is 0 Å². The van der Waals surface area contributed by atoms with Gasteiger partial charge >= 0.3 is 0 Å². The molecule has 1 N–H and O–H groups in total. The molecule has 16 heavy (non-hydrogen) atoms. The number of pyridine rings is 1. The van der Waals surface area contributed by atoms with Crippen LogP contribution in [-0.2, 0) is 0 Å². The SMILES string of the molecule is CNc1ccc(Oc2ccccn2)c(C)c1. The van der Waals surface area contributed by atoms with E-state index in [4.69, 9.17) is 4.74 Å². The van der Waals surface area contributed by atoms with Gasteiger partial charge in [-0.1, -0.05) is 6.07 Å². The van der Waals surface area contributed by atoms with Crippen molar-refractivity contribution < 1.29 is 4.74 Å². The van der Waals surface area contributed by atoms with Gasteiger partial charge in [0.25, 0.3) is 0 Å². The molecule has 0 bridgehead atoms. The summed E-state index contributed by atoms with van der Waals surface area (Å²) in [5.41, 5.74) is 2.16. The first kappa shape index (κ1) is 10.5. The maximum Gasteiger partial charge on any atom is 0.219 e. The zero-order valence-corrected chi connectivity index (χ0v) is 9.40. The van der Waals surface area contributed by atoms with Gasteiger partial charge in [-0.15, -0.1) is 0 Å². The number of ether oxygens (including phenoxy) is 1. The van der Waals surface area contributed by atoms with Crippen molar-refractivity contribution >= 4 is 5.69 Å². The Morgan fingerprint density at radius 3 is 2.69 bits per heavy atom. The number of anilines is 1. The normalized spacial score (nSPS) is 9.88. The summed E-state index contributed by atoms with van der Waals surface area (Å²) in [5.74, 6) is 1.44. The summed E-state index contributed by atoms with van der Waals surface area (Å²) in [6, 6.07) is 11.6. The molecule has 0 aliphatic heterocycles. The third-order valence-corrected chi connectivity index (χ3v) is 2.32. The highest BCUT2D eigenvalue weighted by Crippen LogP contribution is 2.25. The molecule has 2 aromatic rings. The Morgan fingerprint density at radius 1 is 1.19 bits per heavy atom. The summed E-state index contributed by atoms with van der Waals surface area (Å²) >= 11 is 0. The number of aromatic nitrogens is 1. The number of aryl methyl sites for hydroxylation is 1. The zero-order valence-electron chi connectivity index (χ0n) is 9.40. The molecule has 0 radical (unpaired) electrons. The first-order valence-corrected chi connectivity index (χ1v) is 5.17. The standard InChI is InChI=1S/C13H14N2O/c1-10-9-11(14-2)6-7-12(10)16-13-5-3-4-8-15-13/h3-9,14H,1-2H3. The van der Waals surface area contributed by atoms with Crippen LogP contribution in [0.1, 0.15) is 5.56 Å². The van der Waals surface area contributed by atoms with Crippen molar-refractivity contribution in [2.45, 2.75) is 6.92 Å². The topological polar surface area (TPSA) is 34.1 Å². The summed E-state index contributed by atoms with van der Waals surface area (Å²) in [5, 5.41) is 3.09. The van der Waals surface area contributed by atoms with Crippen LogP contribution in [0.4, 0.5) is 5.69 Å². The lowest BCUT2D eigenvalue weighted by Gasteiger charge is -2.09. The number of nitrogens with one attached hydrogen (secondary N) is 1. The molecule has 1 aromatic heterocycles. The molecule has 1 aromatic carbocycles. The molecule has 0 saturated carbocycles. The van der Waals surface area contributed by atoms with E-state index in [0.29, 0.717) is 5.88 Å². The maximum absolute atomic E-state index is 5.67. The van der Waals surface area contributed by atoms with Gasteiger partial charge in [0.2, 0.25) is 5.88 Å². The monoisotopic (exact) mass is 214 g/mol. The Hall–Kier alpha value is -2.03. The Bertz CT molecular complexity index is 469. The average molecular weight is 214 g/mol. The highest BCUT2D eigenvalue weighted by Gasteiger charge is 2.02. The van der Waals surface area contributed by atoms with Crippen molar-refractivity contribution in [3.05, 3.63) is 48.2 Å². The van der Waals surface area contributed by atoms with E-state index in [1.165, 1.54) is 0 Å². The fourth-order valence-corrected chi connectivity index (χ4v) is 1.44. The van der Waals surface area contributed by atoms with Crippen LogP contribution in [0, 0.1) is 6.92 Å². The summed E-state index contributed by atoms with van der Waals surface area (Å²) < 4.78 is 5.67. The molecule has 0 spiro atoms. The van der Waals surface area contributed by atoms with Gasteiger partial charge in [-0.05, 0) is 36.8 Å². The number of hydrogen-bond acceptors (Lipinski definition) is 3. The molecule has 0 saturated heterocycles. The number of hydrogen-bond donors (Lipinski definition) is 1. The van der Waals surface area contributed by atoms with Crippen LogP contribution in [0.3, 0.4) is 0 Å². The van der Waals surface area contributed by atoms with Crippen molar-refractivity contribution in [3.8, 4) is 11.6 Å². The summed E-state index contributed by atoms with van der Waals surface area (Å²) in [6.45, 7) is 2.01. The molecule has 1 heterocycles. The molecule has 3 nitrogen and oxygen atoms in total. The molecule has 0 amide bonds. The van der Waals surface area contributed by atoms with Gasteiger partial charge in [-0.3, -0.25) is 0 Å². The Morgan fingerprint density at radius 2 is 2.06 bits per heavy atom.